The lowest BCUT2D eigenvalue weighted by atomic mass is 10.0. The maximum atomic E-state index is 12.2. The number of hydrogen-bond donors (Lipinski definition) is 1. The summed E-state index contributed by atoms with van der Waals surface area (Å²) in [5, 5.41) is 0. The van der Waals surface area contributed by atoms with Gasteiger partial charge in [-0.2, -0.15) is 0 Å². The molecule has 7 heteroatoms. The first kappa shape index (κ1) is 17.0. The van der Waals surface area contributed by atoms with Crippen molar-refractivity contribution in [3.05, 3.63) is 104 Å². The number of ether oxygens (including phenoxy) is 2. The number of nitrogens with one attached hydrogen (secondary N) is 1. The Labute approximate surface area is 153 Å². The molecule has 3 aromatic rings. The van der Waals surface area contributed by atoms with Crippen molar-refractivity contribution < 1.29 is 14.3 Å². The Morgan fingerprint density at radius 3 is 2.44 bits per heavy atom. The molecule has 0 amide bonds. The molecule has 1 aliphatic heterocycles. The molecule has 0 aliphatic carbocycles. The Balaban J connectivity index is 1.58. The smallest absolute Gasteiger partial charge is 0.338 e. The molecule has 136 valence electrons. The maximum absolute atomic E-state index is 12.2. The van der Waals surface area contributed by atoms with Crippen LogP contribution in [0.1, 0.15) is 33.8 Å². The third-order valence-corrected chi connectivity index (χ3v) is 4.38. The molecule has 7 nitrogen and oxygen atoms in total. The molecule has 0 spiro atoms. The van der Waals surface area contributed by atoms with Gasteiger partial charge in [0, 0.05) is 17.8 Å². The van der Waals surface area contributed by atoms with Crippen molar-refractivity contribution >= 4 is 5.97 Å². The Morgan fingerprint density at radius 2 is 1.70 bits per heavy atom. The summed E-state index contributed by atoms with van der Waals surface area (Å²) in [6.45, 7) is 0.0132. The second-order valence-corrected chi connectivity index (χ2v) is 6.09. The molecule has 2 atom stereocenters. The average molecular weight is 364 g/mol. The number of benzene rings is 2. The highest BCUT2D eigenvalue weighted by Gasteiger charge is 2.34. The fourth-order valence-electron chi connectivity index (χ4n) is 3.10. The van der Waals surface area contributed by atoms with Gasteiger partial charge in [-0.05, 0) is 17.7 Å². The van der Waals surface area contributed by atoms with E-state index in [4.69, 9.17) is 9.47 Å². The lowest BCUT2D eigenvalue weighted by Crippen LogP contribution is -2.32. The van der Waals surface area contributed by atoms with Crippen molar-refractivity contribution in [3.8, 4) is 0 Å². The Bertz CT molecular complexity index is 1090. The van der Waals surface area contributed by atoms with Crippen LogP contribution in [0.4, 0.5) is 0 Å². The largest absolute Gasteiger partial charge is 0.459 e. The van der Waals surface area contributed by atoms with Crippen LogP contribution in [0.2, 0.25) is 0 Å². The predicted molar refractivity (Wildman–Crippen MR) is 96.5 cm³/mol. The average Bonchev–Trinajstić information content (AvgIpc) is 3.05. The van der Waals surface area contributed by atoms with Crippen LogP contribution in [0.15, 0.2) is 76.4 Å². The number of fused-ring (bicyclic) bond motifs is 1. The number of aromatic nitrogens is 2. The molecule has 2 heterocycles. The molecule has 1 N–H and O–H groups in total. The van der Waals surface area contributed by atoms with Crippen molar-refractivity contribution in [1.29, 1.82) is 0 Å². The lowest BCUT2D eigenvalue weighted by molar-refractivity contribution is -0.0428. The summed E-state index contributed by atoms with van der Waals surface area (Å²) in [7, 11) is 0. The van der Waals surface area contributed by atoms with Gasteiger partial charge in [-0.25, -0.2) is 9.59 Å². The minimum atomic E-state index is -0.703. The lowest BCUT2D eigenvalue weighted by Gasteiger charge is -2.16. The first-order valence-corrected chi connectivity index (χ1v) is 8.41. The minimum Gasteiger partial charge on any atom is -0.459 e. The van der Waals surface area contributed by atoms with Crippen molar-refractivity contribution in [1.82, 2.24) is 9.55 Å². The van der Waals surface area contributed by atoms with Gasteiger partial charge >= 0.3 is 11.7 Å². The molecular formula is C20H16N2O5. The predicted octanol–water partition coefficient (Wildman–Crippen LogP) is 2.01. The van der Waals surface area contributed by atoms with E-state index in [0.717, 1.165) is 11.1 Å². The summed E-state index contributed by atoms with van der Waals surface area (Å²) >= 11 is 0. The third-order valence-electron chi connectivity index (χ3n) is 4.38. The molecule has 27 heavy (non-hydrogen) atoms. The van der Waals surface area contributed by atoms with Gasteiger partial charge in [-0.1, -0.05) is 42.5 Å². The van der Waals surface area contributed by atoms with E-state index in [1.165, 1.54) is 16.8 Å². The molecule has 1 aromatic heterocycles. The van der Waals surface area contributed by atoms with E-state index in [2.05, 4.69) is 4.98 Å². The van der Waals surface area contributed by atoms with Gasteiger partial charge in [0.25, 0.3) is 5.56 Å². The zero-order valence-electron chi connectivity index (χ0n) is 14.2. The Hall–Kier alpha value is -3.45. The zero-order valence-corrected chi connectivity index (χ0v) is 14.2. The number of esters is 1. The van der Waals surface area contributed by atoms with Crippen LogP contribution in [-0.2, 0) is 9.47 Å². The SMILES string of the molecule is O=C(OC[C@@H]1O[C@@H](n2ccc(=O)[nH]c2=O)c2ccccc21)c1ccccc1. The zero-order chi connectivity index (χ0) is 18.8. The third kappa shape index (κ3) is 3.32. The molecule has 0 fully saturated rings. The Morgan fingerprint density at radius 1 is 1.00 bits per heavy atom. The molecule has 0 bridgehead atoms. The van der Waals surface area contributed by atoms with Crippen LogP contribution in [-0.4, -0.2) is 22.1 Å². The van der Waals surface area contributed by atoms with Gasteiger partial charge in [-0.15, -0.1) is 0 Å². The summed E-state index contributed by atoms with van der Waals surface area (Å²) in [6.07, 6.45) is 0.171. The first-order valence-electron chi connectivity index (χ1n) is 8.41. The fourth-order valence-corrected chi connectivity index (χ4v) is 3.10. The van der Waals surface area contributed by atoms with Gasteiger partial charge in [0.2, 0.25) is 0 Å². The summed E-state index contributed by atoms with van der Waals surface area (Å²) in [5.74, 6) is -0.443. The Kier molecular flexibility index (Phi) is 4.43. The molecule has 0 saturated heterocycles. The molecule has 0 saturated carbocycles. The highest BCUT2D eigenvalue weighted by atomic mass is 16.6. The highest BCUT2D eigenvalue weighted by molar-refractivity contribution is 5.89. The van der Waals surface area contributed by atoms with Crippen LogP contribution >= 0.6 is 0 Å². The maximum Gasteiger partial charge on any atom is 0.338 e. The number of rotatable bonds is 4. The number of hydrogen-bond acceptors (Lipinski definition) is 5. The molecule has 0 radical (unpaired) electrons. The summed E-state index contributed by atoms with van der Waals surface area (Å²) < 4.78 is 12.7. The van der Waals surface area contributed by atoms with Gasteiger partial charge in [0.1, 0.15) is 12.7 Å². The summed E-state index contributed by atoms with van der Waals surface area (Å²) in [5.41, 5.74) is 1.03. The topological polar surface area (TPSA) is 90.4 Å². The van der Waals surface area contributed by atoms with Crippen molar-refractivity contribution in [2.75, 3.05) is 6.61 Å². The van der Waals surface area contributed by atoms with E-state index in [1.807, 2.05) is 30.3 Å². The monoisotopic (exact) mass is 364 g/mol. The second kappa shape index (κ2) is 7.05. The van der Waals surface area contributed by atoms with Crippen LogP contribution in [0.25, 0.3) is 0 Å². The quantitative estimate of drug-likeness (QED) is 0.715. The van der Waals surface area contributed by atoms with E-state index in [9.17, 15) is 14.4 Å². The number of carbonyl (C=O) groups is 1. The van der Waals surface area contributed by atoms with E-state index < -0.39 is 29.6 Å². The second-order valence-electron chi connectivity index (χ2n) is 6.09. The van der Waals surface area contributed by atoms with Crippen LogP contribution in [0, 0.1) is 0 Å². The van der Waals surface area contributed by atoms with Crippen molar-refractivity contribution in [3.63, 3.8) is 0 Å². The number of H-pyrrole nitrogens is 1. The number of aromatic amines is 1. The van der Waals surface area contributed by atoms with Gasteiger partial charge < -0.3 is 9.47 Å². The molecular weight excluding hydrogens is 348 g/mol. The van der Waals surface area contributed by atoms with Gasteiger partial charge in [0.15, 0.2) is 6.23 Å². The van der Waals surface area contributed by atoms with E-state index in [1.54, 1.807) is 24.3 Å². The fraction of sp³-hybridized carbons (Fsp3) is 0.150. The van der Waals surface area contributed by atoms with Crippen LogP contribution < -0.4 is 11.2 Å². The molecule has 0 unspecified atom stereocenters. The molecule has 2 aromatic carbocycles. The van der Waals surface area contributed by atoms with Gasteiger partial charge in [0.05, 0.1) is 5.56 Å². The van der Waals surface area contributed by atoms with Gasteiger partial charge in [-0.3, -0.25) is 14.3 Å². The number of carbonyl (C=O) groups excluding carboxylic acids is 1. The normalized spacial score (nSPS) is 18.1. The summed E-state index contributed by atoms with van der Waals surface area (Å²) in [6, 6.07) is 17.4. The standard InChI is InChI=1S/C20H16N2O5/c23-17-10-11-22(20(25)21-17)18-15-9-5-4-8-14(15)16(27-18)12-26-19(24)13-6-2-1-3-7-13/h1-11,16,18H,12H2,(H,21,23,25)/t16-,18+/m0/s1. The van der Waals surface area contributed by atoms with Crippen molar-refractivity contribution in [2.24, 2.45) is 0 Å². The molecule has 1 aliphatic rings. The van der Waals surface area contributed by atoms with Crippen LogP contribution in [0.3, 0.4) is 0 Å². The van der Waals surface area contributed by atoms with E-state index >= 15 is 0 Å². The highest BCUT2D eigenvalue weighted by Crippen LogP contribution is 2.39. The van der Waals surface area contributed by atoms with Crippen molar-refractivity contribution in [2.45, 2.75) is 12.3 Å². The van der Waals surface area contributed by atoms with E-state index in [-0.39, 0.29) is 6.61 Å². The van der Waals surface area contributed by atoms with E-state index in [0.29, 0.717) is 5.56 Å². The number of nitrogens with zero attached hydrogens (tertiary/aromatic N) is 1. The van der Waals surface area contributed by atoms with Crippen LogP contribution in [0.5, 0.6) is 0 Å². The first-order chi connectivity index (χ1) is 13.1. The summed E-state index contributed by atoms with van der Waals surface area (Å²) in [4.78, 5) is 37.9. The minimum absolute atomic E-state index is 0.0132. The molecule has 4 rings (SSSR count).